The second kappa shape index (κ2) is 6.79. The van der Waals surface area contributed by atoms with E-state index in [9.17, 15) is 4.39 Å². The smallest absolute Gasteiger partial charge is 0.123 e. The highest BCUT2D eigenvalue weighted by molar-refractivity contribution is 5.85. The number of benzene rings is 1. The fourth-order valence-electron chi connectivity index (χ4n) is 1.61. The molecule has 5 heteroatoms. The average Bonchev–Trinajstić information content (AvgIpc) is 2.18. The summed E-state index contributed by atoms with van der Waals surface area (Å²) < 4.78 is 18.1. The predicted molar refractivity (Wildman–Crippen MR) is 68.4 cm³/mol. The van der Waals surface area contributed by atoms with Crippen molar-refractivity contribution in [2.24, 2.45) is 0 Å². The number of nitrogens with zero attached hydrogens (tertiary/aromatic N) is 1. The molecule has 0 aliphatic carbocycles. The van der Waals surface area contributed by atoms with Gasteiger partial charge in [-0.3, -0.25) is 4.90 Å². The highest BCUT2D eigenvalue weighted by Crippen LogP contribution is 2.11. The lowest BCUT2D eigenvalue weighted by Gasteiger charge is -2.35. The van der Waals surface area contributed by atoms with Gasteiger partial charge >= 0.3 is 0 Å². The van der Waals surface area contributed by atoms with Crippen LogP contribution in [-0.4, -0.2) is 44.2 Å². The maximum Gasteiger partial charge on any atom is 0.123 e. The van der Waals surface area contributed by atoms with Crippen molar-refractivity contribution in [1.82, 2.24) is 10.2 Å². The number of ether oxygens (including phenoxy) is 1. The first kappa shape index (κ1) is 14.2. The molecule has 3 nitrogen and oxygen atoms in total. The summed E-state index contributed by atoms with van der Waals surface area (Å²) in [6.45, 7) is 3.66. The maximum atomic E-state index is 12.6. The fraction of sp³-hybridized carbons (Fsp3) is 0.500. The van der Waals surface area contributed by atoms with Crippen LogP contribution in [0.4, 0.5) is 4.39 Å². The van der Waals surface area contributed by atoms with Gasteiger partial charge in [0.1, 0.15) is 18.2 Å². The molecule has 0 amide bonds. The molecule has 1 heterocycles. The average molecular weight is 261 g/mol. The number of halogens is 2. The molecular formula is C12H18ClFN2O. The number of hydrogen-bond acceptors (Lipinski definition) is 3. The summed E-state index contributed by atoms with van der Waals surface area (Å²) in [7, 11) is 2.10. The molecular weight excluding hydrogens is 243 g/mol. The van der Waals surface area contributed by atoms with Gasteiger partial charge in [-0.2, -0.15) is 0 Å². The van der Waals surface area contributed by atoms with Gasteiger partial charge in [0.15, 0.2) is 0 Å². The molecule has 1 aliphatic heterocycles. The van der Waals surface area contributed by atoms with Crippen molar-refractivity contribution in [1.29, 1.82) is 0 Å². The third kappa shape index (κ3) is 4.15. The largest absolute Gasteiger partial charge is 0.492 e. The van der Waals surface area contributed by atoms with Crippen LogP contribution in [0.3, 0.4) is 0 Å². The van der Waals surface area contributed by atoms with Crippen LogP contribution in [0.5, 0.6) is 5.75 Å². The Balaban J connectivity index is 0.00000144. The molecule has 1 saturated heterocycles. The Labute approximate surface area is 107 Å². The SMILES string of the molecule is CN(CCOc1ccc(F)cc1)C1CNC1.Cl. The lowest BCUT2D eigenvalue weighted by Crippen LogP contribution is -2.56. The summed E-state index contributed by atoms with van der Waals surface area (Å²) in [6.07, 6.45) is 0. The summed E-state index contributed by atoms with van der Waals surface area (Å²) in [5, 5.41) is 3.23. The first-order valence-electron chi connectivity index (χ1n) is 5.55. The Bertz CT molecular complexity index is 330. The zero-order chi connectivity index (χ0) is 11.4. The van der Waals surface area contributed by atoms with Gasteiger partial charge in [-0.25, -0.2) is 4.39 Å². The lowest BCUT2D eigenvalue weighted by atomic mass is 10.1. The van der Waals surface area contributed by atoms with Gasteiger partial charge in [-0.15, -0.1) is 12.4 Å². The summed E-state index contributed by atoms with van der Waals surface area (Å²) in [5.74, 6) is 0.492. The molecule has 1 aromatic rings. The van der Waals surface area contributed by atoms with E-state index in [-0.39, 0.29) is 18.2 Å². The van der Waals surface area contributed by atoms with E-state index in [1.807, 2.05) is 0 Å². The normalized spacial score (nSPS) is 15.2. The highest BCUT2D eigenvalue weighted by Gasteiger charge is 2.20. The number of nitrogens with one attached hydrogen (secondary N) is 1. The molecule has 1 aliphatic rings. The number of likely N-dealkylation sites (N-methyl/N-ethyl adjacent to an activating group) is 1. The van der Waals surface area contributed by atoms with Crippen LogP contribution >= 0.6 is 12.4 Å². The summed E-state index contributed by atoms with van der Waals surface area (Å²) in [5.41, 5.74) is 0. The molecule has 0 spiro atoms. The molecule has 0 saturated carbocycles. The van der Waals surface area contributed by atoms with Crippen molar-refractivity contribution in [3.8, 4) is 5.75 Å². The van der Waals surface area contributed by atoms with Crippen molar-refractivity contribution in [2.45, 2.75) is 6.04 Å². The van der Waals surface area contributed by atoms with E-state index in [4.69, 9.17) is 4.74 Å². The minimum Gasteiger partial charge on any atom is -0.492 e. The molecule has 17 heavy (non-hydrogen) atoms. The number of hydrogen-bond donors (Lipinski definition) is 1. The Morgan fingerprint density at radius 2 is 2.00 bits per heavy atom. The molecule has 1 fully saturated rings. The lowest BCUT2D eigenvalue weighted by molar-refractivity contribution is 0.151. The Kier molecular flexibility index (Phi) is 5.68. The Morgan fingerprint density at radius 1 is 1.35 bits per heavy atom. The highest BCUT2D eigenvalue weighted by atomic mass is 35.5. The molecule has 0 unspecified atom stereocenters. The minimum absolute atomic E-state index is 0. The van der Waals surface area contributed by atoms with Crippen LogP contribution in [0, 0.1) is 5.82 Å². The van der Waals surface area contributed by atoms with Crippen LogP contribution < -0.4 is 10.1 Å². The van der Waals surface area contributed by atoms with Crippen LogP contribution in [0.25, 0.3) is 0 Å². The van der Waals surface area contributed by atoms with Crippen LogP contribution in [0.1, 0.15) is 0 Å². The van der Waals surface area contributed by atoms with Gasteiger partial charge in [0.25, 0.3) is 0 Å². The molecule has 2 rings (SSSR count). The van der Waals surface area contributed by atoms with Crippen LogP contribution in [-0.2, 0) is 0 Å². The predicted octanol–water partition coefficient (Wildman–Crippen LogP) is 1.53. The van der Waals surface area contributed by atoms with E-state index >= 15 is 0 Å². The zero-order valence-electron chi connectivity index (χ0n) is 9.86. The van der Waals surface area contributed by atoms with E-state index in [0.29, 0.717) is 12.6 Å². The maximum absolute atomic E-state index is 12.6. The van der Waals surface area contributed by atoms with E-state index in [1.165, 1.54) is 12.1 Å². The third-order valence-electron chi connectivity index (χ3n) is 2.91. The molecule has 1 N–H and O–H groups in total. The minimum atomic E-state index is -0.231. The monoisotopic (exact) mass is 260 g/mol. The topological polar surface area (TPSA) is 24.5 Å². The molecule has 0 radical (unpaired) electrons. The van der Waals surface area contributed by atoms with Crippen molar-refractivity contribution < 1.29 is 9.13 Å². The molecule has 0 bridgehead atoms. The van der Waals surface area contributed by atoms with Gasteiger partial charge in [0, 0.05) is 25.7 Å². The van der Waals surface area contributed by atoms with Gasteiger partial charge in [-0.1, -0.05) is 0 Å². The third-order valence-corrected chi connectivity index (χ3v) is 2.91. The van der Waals surface area contributed by atoms with E-state index in [2.05, 4.69) is 17.3 Å². The molecule has 96 valence electrons. The van der Waals surface area contributed by atoms with Crippen molar-refractivity contribution in [2.75, 3.05) is 33.3 Å². The van der Waals surface area contributed by atoms with Gasteiger partial charge in [0.05, 0.1) is 0 Å². The Hall–Kier alpha value is -0.840. The van der Waals surface area contributed by atoms with Crippen molar-refractivity contribution in [3.63, 3.8) is 0 Å². The van der Waals surface area contributed by atoms with Crippen molar-refractivity contribution in [3.05, 3.63) is 30.1 Å². The van der Waals surface area contributed by atoms with Crippen LogP contribution in [0.15, 0.2) is 24.3 Å². The fourth-order valence-corrected chi connectivity index (χ4v) is 1.61. The summed E-state index contributed by atoms with van der Waals surface area (Å²) in [4.78, 5) is 2.28. The standard InChI is InChI=1S/C12H17FN2O.ClH/c1-15(11-8-14-9-11)6-7-16-12-4-2-10(13)3-5-12;/h2-5,11,14H,6-9H2,1H3;1H. The molecule has 0 aromatic heterocycles. The van der Waals surface area contributed by atoms with E-state index < -0.39 is 0 Å². The van der Waals surface area contributed by atoms with E-state index in [1.54, 1.807) is 12.1 Å². The molecule has 1 aromatic carbocycles. The van der Waals surface area contributed by atoms with Gasteiger partial charge < -0.3 is 10.1 Å². The quantitative estimate of drug-likeness (QED) is 0.869. The number of rotatable bonds is 5. The first-order chi connectivity index (χ1) is 7.75. The second-order valence-corrected chi connectivity index (χ2v) is 4.10. The van der Waals surface area contributed by atoms with Crippen LogP contribution in [0.2, 0.25) is 0 Å². The second-order valence-electron chi connectivity index (χ2n) is 4.10. The van der Waals surface area contributed by atoms with Gasteiger partial charge in [0.2, 0.25) is 0 Å². The van der Waals surface area contributed by atoms with E-state index in [0.717, 1.165) is 25.4 Å². The zero-order valence-corrected chi connectivity index (χ0v) is 10.7. The summed E-state index contributed by atoms with van der Waals surface area (Å²) in [6, 6.07) is 6.77. The first-order valence-corrected chi connectivity index (χ1v) is 5.55. The molecule has 0 atom stereocenters. The Morgan fingerprint density at radius 3 is 2.53 bits per heavy atom. The summed E-state index contributed by atoms with van der Waals surface area (Å²) >= 11 is 0. The van der Waals surface area contributed by atoms with Gasteiger partial charge in [-0.05, 0) is 31.3 Å². The van der Waals surface area contributed by atoms with Crippen molar-refractivity contribution >= 4 is 12.4 Å².